The Hall–Kier alpha value is -2.32. The predicted molar refractivity (Wildman–Crippen MR) is 88.7 cm³/mol. The Labute approximate surface area is 125 Å². The molecule has 0 saturated heterocycles. The zero-order chi connectivity index (χ0) is 14.7. The summed E-state index contributed by atoms with van der Waals surface area (Å²) in [7, 11) is 3.66. The minimum atomic E-state index is 0.819. The monoisotopic (exact) mass is 277 g/mol. The number of ether oxygens (including phenoxy) is 1. The zero-order valence-corrected chi connectivity index (χ0v) is 12.4. The molecule has 21 heavy (non-hydrogen) atoms. The van der Waals surface area contributed by atoms with Crippen LogP contribution in [0.15, 0.2) is 60.7 Å². The third-order valence-electron chi connectivity index (χ3n) is 3.74. The van der Waals surface area contributed by atoms with E-state index in [0.29, 0.717) is 0 Å². The predicted octanol–water partition coefficient (Wildman–Crippen LogP) is 4.23. The molecule has 2 heteroatoms. The Morgan fingerprint density at radius 2 is 1.71 bits per heavy atom. The average Bonchev–Trinajstić information content (AvgIpc) is 2.54. The molecule has 0 heterocycles. The molecule has 2 nitrogen and oxygen atoms in total. The van der Waals surface area contributed by atoms with Crippen molar-refractivity contribution in [2.45, 2.75) is 6.54 Å². The second-order valence-corrected chi connectivity index (χ2v) is 5.12. The Kier molecular flexibility index (Phi) is 3.89. The van der Waals surface area contributed by atoms with Gasteiger partial charge in [-0.05, 0) is 52.7 Å². The molecule has 0 aliphatic carbocycles. The van der Waals surface area contributed by atoms with Gasteiger partial charge < -0.3 is 10.1 Å². The molecule has 0 amide bonds. The van der Waals surface area contributed by atoms with Crippen molar-refractivity contribution < 1.29 is 4.74 Å². The molecule has 0 aromatic heterocycles. The molecule has 0 unspecified atom stereocenters. The standard InChI is InChI=1S/C19H19NO/c1-20-13-17-12-18(21-2)9-10-19(17)16-8-7-14-5-3-4-6-15(14)11-16/h3-12,20H,13H2,1-2H3. The summed E-state index contributed by atoms with van der Waals surface area (Å²) in [6, 6.07) is 21.3. The molecule has 3 aromatic carbocycles. The highest BCUT2D eigenvalue weighted by Gasteiger charge is 2.07. The van der Waals surface area contributed by atoms with Gasteiger partial charge in [-0.15, -0.1) is 0 Å². The number of rotatable bonds is 4. The van der Waals surface area contributed by atoms with Gasteiger partial charge in [-0.3, -0.25) is 0 Å². The van der Waals surface area contributed by atoms with Crippen LogP contribution in [0.5, 0.6) is 5.75 Å². The molecule has 3 aromatic rings. The third kappa shape index (κ3) is 2.76. The molecule has 0 radical (unpaired) electrons. The Balaban J connectivity index is 2.12. The first-order valence-electron chi connectivity index (χ1n) is 7.12. The van der Waals surface area contributed by atoms with E-state index < -0.39 is 0 Å². The first-order valence-corrected chi connectivity index (χ1v) is 7.12. The summed E-state index contributed by atoms with van der Waals surface area (Å²) in [5, 5.41) is 5.76. The van der Waals surface area contributed by atoms with Crippen LogP contribution in [0.25, 0.3) is 21.9 Å². The van der Waals surface area contributed by atoms with Gasteiger partial charge in [0.2, 0.25) is 0 Å². The number of fused-ring (bicyclic) bond motifs is 1. The normalized spacial score (nSPS) is 10.8. The Morgan fingerprint density at radius 1 is 0.905 bits per heavy atom. The molecule has 0 fully saturated rings. The second kappa shape index (κ2) is 5.98. The van der Waals surface area contributed by atoms with Crippen LogP contribution in [0.1, 0.15) is 5.56 Å². The maximum Gasteiger partial charge on any atom is 0.119 e. The Morgan fingerprint density at radius 3 is 2.48 bits per heavy atom. The van der Waals surface area contributed by atoms with Gasteiger partial charge in [0.05, 0.1) is 7.11 Å². The maximum atomic E-state index is 5.33. The molecule has 0 aliphatic rings. The molecular weight excluding hydrogens is 258 g/mol. The van der Waals surface area contributed by atoms with E-state index in [1.807, 2.05) is 13.1 Å². The van der Waals surface area contributed by atoms with Crippen LogP contribution in [0.4, 0.5) is 0 Å². The number of nitrogens with one attached hydrogen (secondary N) is 1. The highest BCUT2D eigenvalue weighted by atomic mass is 16.5. The minimum Gasteiger partial charge on any atom is -0.497 e. The highest BCUT2D eigenvalue weighted by Crippen LogP contribution is 2.29. The lowest BCUT2D eigenvalue weighted by Crippen LogP contribution is -2.06. The summed E-state index contributed by atoms with van der Waals surface area (Å²) in [6.07, 6.45) is 0. The molecule has 0 aliphatic heterocycles. The summed E-state index contributed by atoms with van der Waals surface area (Å²) in [5.41, 5.74) is 3.73. The molecule has 3 rings (SSSR count). The lowest BCUT2D eigenvalue weighted by Gasteiger charge is -2.12. The molecular formula is C19H19NO. The van der Waals surface area contributed by atoms with Crippen LogP contribution in [0.3, 0.4) is 0 Å². The number of hydrogen-bond donors (Lipinski definition) is 1. The topological polar surface area (TPSA) is 21.3 Å². The molecule has 0 atom stereocenters. The highest BCUT2D eigenvalue weighted by molar-refractivity contribution is 5.87. The van der Waals surface area contributed by atoms with Crippen molar-refractivity contribution in [3.05, 3.63) is 66.2 Å². The van der Waals surface area contributed by atoms with Gasteiger partial charge in [-0.1, -0.05) is 42.5 Å². The molecule has 0 bridgehead atoms. The SMILES string of the molecule is CNCc1cc(OC)ccc1-c1ccc2ccccc2c1. The Bertz CT molecular complexity index is 764. The van der Waals surface area contributed by atoms with Crippen molar-refractivity contribution >= 4 is 10.8 Å². The number of methoxy groups -OCH3 is 1. The summed E-state index contributed by atoms with van der Waals surface area (Å²) < 4.78 is 5.33. The van der Waals surface area contributed by atoms with Crippen molar-refractivity contribution in [3.8, 4) is 16.9 Å². The summed E-state index contributed by atoms with van der Waals surface area (Å²) in [5.74, 6) is 0.893. The van der Waals surface area contributed by atoms with Gasteiger partial charge in [0.15, 0.2) is 0 Å². The van der Waals surface area contributed by atoms with E-state index in [9.17, 15) is 0 Å². The quantitative estimate of drug-likeness (QED) is 0.770. The molecule has 0 saturated carbocycles. The van der Waals surface area contributed by atoms with Gasteiger partial charge in [0.25, 0.3) is 0 Å². The summed E-state index contributed by atoms with van der Waals surface area (Å²) in [4.78, 5) is 0. The molecule has 106 valence electrons. The van der Waals surface area contributed by atoms with Crippen LogP contribution >= 0.6 is 0 Å². The van der Waals surface area contributed by atoms with Crippen LogP contribution in [-0.4, -0.2) is 14.2 Å². The summed E-state index contributed by atoms with van der Waals surface area (Å²) >= 11 is 0. The van der Waals surface area contributed by atoms with Gasteiger partial charge in [-0.2, -0.15) is 0 Å². The third-order valence-corrected chi connectivity index (χ3v) is 3.74. The van der Waals surface area contributed by atoms with Crippen LogP contribution in [-0.2, 0) is 6.54 Å². The van der Waals surface area contributed by atoms with Crippen molar-refractivity contribution in [1.29, 1.82) is 0 Å². The van der Waals surface area contributed by atoms with Crippen molar-refractivity contribution in [3.63, 3.8) is 0 Å². The van der Waals surface area contributed by atoms with Crippen molar-refractivity contribution in [1.82, 2.24) is 5.32 Å². The van der Waals surface area contributed by atoms with E-state index in [2.05, 4.69) is 59.9 Å². The smallest absolute Gasteiger partial charge is 0.119 e. The average molecular weight is 277 g/mol. The van der Waals surface area contributed by atoms with E-state index in [4.69, 9.17) is 4.74 Å². The van der Waals surface area contributed by atoms with Gasteiger partial charge >= 0.3 is 0 Å². The lowest BCUT2D eigenvalue weighted by atomic mass is 9.97. The fraction of sp³-hybridized carbons (Fsp3) is 0.158. The fourth-order valence-electron chi connectivity index (χ4n) is 2.67. The van der Waals surface area contributed by atoms with Gasteiger partial charge in [0, 0.05) is 6.54 Å². The second-order valence-electron chi connectivity index (χ2n) is 5.12. The van der Waals surface area contributed by atoms with Gasteiger partial charge in [0.1, 0.15) is 5.75 Å². The molecule has 0 spiro atoms. The van der Waals surface area contributed by atoms with E-state index in [1.165, 1.54) is 27.5 Å². The van der Waals surface area contributed by atoms with Crippen LogP contribution in [0.2, 0.25) is 0 Å². The number of benzene rings is 3. The molecule has 1 N–H and O–H groups in total. The minimum absolute atomic E-state index is 0.819. The fourth-order valence-corrected chi connectivity index (χ4v) is 2.67. The first-order chi connectivity index (χ1) is 10.3. The first kappa shape index (κ1) is 13.7. The summed E-state index contributed by atoms with van der Waals surface area (Å²) in [6.45, 7) is 0.819. The zero-order valence-electron chi connectivity index (χ0n) is 12.4. The van der Waals surface area contributed by atoms with E-state index in [1.54, 1.807) is 7.11 Å². The van der Waals surface area contributed by atoms with Crippen LogP contribution in [0, 0.1) is 0 Å². The van der Waals surface area contributed by atoms with E-state index in [0.717, 1.165) is 12.3 Å². The van der Waals surface area contributed by atoms with E-state index >= 15 is 0 Å². The number of hydrogen-bond acceptors (Lipinski definition) is 2. The lowest BCUT2D eigenvalue weighted by molar-refractivity contribution is 0.414. The van der Waals surface area contributed by atoms with Crippen molar-refractivity contribution in [2.75, 3.05) is 14.2 Å². The van der Waals surface area contributed by atoms with E-state index in [-0.39, 0.29) is 0 Å². The van der Waals surface area contributed by atoms with Gasteiger partial charge in [-0.25, -0.2) is 0 Å². The van der Waals surface area contributed by atoms with Crippen molar-refractivity contribution in [2.24, 2.45) is 0 Å². The largest absolute Gasteiger partial charge is 0.497 e. The van der Waals surface area contributed by atoms with Crippen LogP contribution < -0.4 is 10.1 Å². The maximum absolute atomic E-state index is 5.33.